The van der Waals surface area contributed by atoms with Crippen LogP contribution in [0.1, 0.15) is 31.1 Å². The molecule has 0 aromatic heterocycles. The topological polar surface area (TPSA) is 92.7 Å². The lowest BCUT2D eigenvalue weighted by Gasteiger charge is -2.21. The van der Waals surface area contributed by atoms with Gasteiger partial charge < -0.3 is 9.84 Å². The van der Waals surface area contributed by atoms with Gasteiger partial charge in [-0.1, -0.05) is 11.6 Å². The van der Waals surface area contributed by atoms with E-state index in [9.17, 15) is 18.3 Å². The lowest BCUT2D eigenvalue weighted by atomic mass is 10.2. The minimum atomic E-state index is -3.95. The zero-order valence-electron chi connectivity index (χ0n) is 13.9. The highest BCUT2D eigenvalue weighted by Gasteiger charge is 2.19. The van der Waals surface area contributed by atoms with Crippen LogP contribution in [0.5, 0.6) is 5.75 Å². The SMILES string of the molecule is CC(C)(C)Oc1ccc(S(=O)(=O)Nc2ccc(Cl)cc2C(=O)O)cc1. The molecule has 0 unspecified atom stereocenters. The Bertz CT molecular complexity index is 886. The highest BCUT2D eigenvalue weighted by atomic mass is 35.5. The van der Waals surface area contributed by atoms with Crippen LogP contribution in [-0.4, -0.2) is 25.1 Å². The number of hydrogen-bond acceptors (Lipinski definition) is 4. The zero-order valence-corrected chi connectivity index (χ0v) is 15.5. The molecule has 0 bridgehead atoms. The van der Waals surface area contributed by atoms with Gasteiger partial charge in [0.1, 0.15) is 11.4 Å². The van der Waals surface area contributed by atoms with Crippen molar-refractivity contribution in [1.29, 1.82) is 0 Å². The molecule has 0 saturated carbocycles. The van der Waals surface area contributed by atoms with Crippen molar-refractivity contribution < 1.29 is 23.1 Å². The minimum Gasteiger partial charge on any atom is -0.488 e. The Kier molecular flexibility index (Phi) is 5.29. The fourth-order valence-corrected chi connectivity index (χ4v) is 3.28. The first-order valence-electron chi connectivity index (χ1n) is 7.33. The van der Waals surface area contributed by atoms with Crippen molar-refractivity contribution in [3.8, 4) is 5.75 Å². The predicted octanol–water partition coefficient (Wildman–Crippen LogP) is 4.02. The molecular formula is C17H18ClNO5S. The number of carbonyl (C=O) groups is 1. The lowest BCUT2D eigenvalue weighted by molar-refractivity contribution is 0.0698. The van der Waals surface area contributed by atoms with E-state index in [0.29, 0.717) is 5.75 Å². The lowest BCUT2D eigenvalue weighted by Crippen LogP contribution is -2.23. The van der Waals surface area contributed by atoms with E-state index in [1.807, 2.05) is 20.8 Å². The number of carboxylic acid groups (broad SMARTS) is 1. The summed E-state index contributed by atoms with van der Waals surface area (Å²) in [5.41, 5.74) is -0.700. The molecule has 6 nitrogen and oxygen atoms in total. The maximum Gasteiger partial charge on any atom is 0.337 e. The fourth-order valence-electron chi connectivity index (χ4n) is 2.03. The quantitative estimate of drug-likeness (QED) is 0.813. The first-order valence-corrected chi connectivity index (χ1v) is 9.19. The molecule has 0 aliphatic rings. The fraction of sp³-hybridized carbons (Fsp3) is 0.235. The monoisotopic (exact) mass is 383 g/mol. The molecule has 0 atom stereocenters. The molecule has 2 N–H and O–H groups in total. The molecule has 8 heteroatoms. The third-order valence-corrected chi connectivity index (χ3v) is 4.63. The molecule has 0 amide bonds. The van der Waals surface area contributed by atoms with Gasteiger partial charge in [-0.25, -0.2) is 13.2 Å². The van der Waals surface area contributed by atoms with E-state index in [4.69, 9.17) is 16.3 Å². The molecular weight excluding hydrogens is 366 g/mol. The number of sulfonamides is 1. The summed E-state index contributed by atoms with van der Waals surface area (Å²) in [4.78, 5) is 11.2. The van der Waals surface area contributed by atoms with E-state index in [1.54, 1.807) is 12.1 Å². The Morgan fingerprint density at radius 3 is 2.24 bits per heavy atom. The molecule has 25 heavy (non-hydrogen) atoms. The molecule has 0 saturated heterocycles. The van der Waals surface area contributed by atoms with Crippen LogP contribution < -0.4 is 9.46 Å². The number of carboxylic acids is 1. The summed E-state index contributed by atoms with van der Waals surface area (Å²) >= 11 is 5.76. The van der Waals surface area contributed by atoms with E-state index in [1.165, 1.54) is 30.3 Å². The summed E-state index contributed by atoms with van der Waals surface area (Å²) in [6, 6.07) is 9.76. The van der Waals surface area contributed by atoms with Gasteiger partial charge in [0, 0.05) is 5.02 Å². The van der Waals surface area contributed by atoms with E-state index < -0.39 is 21.6 Å². The standard InChI is InChI=1S/C17H18ClNO5S/c1-17(2,3)24-12-5-7-13(8-6-12)25(22,23)19-15-9-4-11(18)10-14(15)16(20)21/h4-10,19H,1-3H3,(H,20,21). The Morgan fingerprint density at radius 1 is 1.12 bits per heavy atom. The van der Waals surface area contributed by atoms with Crippen LogP contribution in [0.2, 0.25) is 5.02 Å². The molecule has 0 heterocycles. The van der Waals surface area contributed by atoms with Crippen molar-refractivity contribution in [1.82, 2.24) is 0 Å². The van der Waals surface area contributed by atoms with Crippen LogP contribution in [-0.2, 0) is 10.0 Å². The van der Waals surface area contributed by atoms with Crippen molar-refractivity contribution in [2.75, 3.05) is 4.72 Å². The molecule has 2 rings (SSSR count). The second kappa shape index (κ2) is 6.93. The van der Waals surface area contributed by atoms with Gasteiger partial charge in [-0.05, 0) is 63.2 Å². The third-order valence-electron chi connectivity index (χ3n) is 3.01. The van der Waals surface area contributed by atoms with E-state index in [0.717, 1.165) is 0 Å². The number of rotatable bonds is 5. The second-order valence-corrected chi connectivity index (χ2v) is 8.41. The van der Waals surface area contributed by atoms with Crippen LogP contribution in [0.25, 0.3) is 0 Å². The minimum absolute atomic E-state index is 0.0138. The van der Waals surface area contributed by atoms with Crippen molar-refractivity contribution in [2.45, 2.75) is 31.3 Å². The maximum absolute atomic E-state index is 12.5. The zero-order chi connectivity index (χ0) is 18.8. The Morgan fingerprint density at radius 2 is 1.72 bits per heavy atom. The van der Waals surface area contributed by atoms with Crippen molar-refractivity contribution >= 4 is 33.3 Å². The van der Waals surface area contributed by atoms with Gasteiger partial charge in [0.15, 0.2) is 0 Å². The molecule has 0 aliphatic carbocycles. The van der Waals surface area contributed by atoms with Gasteiger partial charge in [-0.3, -0.25) is 4.72 Å². The van der Waals surface area contributed by atoms with Crippen LogP contribution in [0, 0.1) is 0 Å². The van der Waals surface area contributed by atoms with Gasteiger partial charge in [0.25, 0.3) is 10.0 Å². The van der Waals surface area contributed by atoms with Crippen molar-refractivity contribution in [3.63, 3.8) is 0 Å². The van der Waals surface area contributed by atoms with Gasteiger partial charge in [0.05, 0.1) is 16.1 Å². The number of aromatic carboxylic acids is 1. The van der Waals surface area contributed by atoms with Crippen molar-refractivity contribution in [3.05, 3.63) is 53.1 Å². The number of anilines is 1. The number of benzene rings is 2. The summed E-state index contributed by atoms with van der Waals surface area (Å²) in [5.74, 6) is -0.752. The molecule has 134 valence electrons. The highest BCUT2D eigenvalue weighted by molar-refractivity contribution is 7.92. The summed E-state index contributed by atoms with van der Waals surface area (Å²) in [6.07, 6.45) is 0. The first kappa shape index (κ1) is 19.1. The Hall–Kier alpha value is -2.25. The normalized spacial score (nSPS) is 11.8. The maximum atomic E-state index is 12.5. The summed E-state index contributed by atoms with van der Waals surface area (Å²) < 4.78 is 32.9. The average molecular weight is 384 g/mol. The van der Waals surface area contributed by atoms with Crippen LogP contribution in [0.3, 0.4) is 0 Å². The molecule has 2 aromatic rings. The third kappa shape index (κ3) is 5.11. The second-order valence-electron chi connectivity index (χ2n) is 6.29. The Labute approximate surface area is 151 Å². The number of ether oxygens (including phenoxy) is 1. The van der Waals surface area contributed by atoms with Crippen LogP contribution in [0.15, 0.2) is 47.4 Å². The highest BCUT2D eigenvalue weighted by Crippen LogP contribution is 2.25. The smallest absolute Gasteiger partial charge is 0.337 e. The van der Waals surface area contributed by atoms with Crippen LogP contribution in [0.4, 0.5) is 5.69 Å². The first-order chi connectivity index (χ1) is 11.5. The Balaban J connectivity index is 2.30. The largest absolute Gasteiger partial charge is 0.488 e. The summed E-state index contributed by atoms with van der Waals surface area (Å²) in [7, 11) is -3.95. The van der Waals surface area contributed by atoms with Gasteiger partial charge in [-0.2, -0.15) is 0 Å². The molecule has 0 fully saturated rings. The number of nitrogens with one attached hydrogen (secondary N) is 1. The van der Waals surface area contributed by atoms with Crippen LogP contribution >= 0.6 is 11.6 Å². The number of hydrogen-bond donors (Lipinski definition) is 2. The average Bonchev–Trinajstić information content (AvgIpc) is 2.47. The van der Waals surface area contributed by atoms with E-state index >= 15 is 0 Å². The molecule has 0 aliphatic heterocycles. The summed E-state index contributed by atoms with van der Waals surface area (Å²) in [6.45, 7) is 5.65. The summed E-state index contributed by atoms with van der Waals surface area (Å²) in [5, 5.41) is 9.39. The van der Waals surface area contributed by atoms with E-state index in [-0.39, 0.29) is 21.2 Å². The van der Waals surface area contributed by atoms with Crippen molar-refractivity contribution in [2.24, 2.45) is 0 Å². The predicted molar refractivity (Wildman–Crippen MR) is 96.0 cm³/mol. The van der Waals surface area contributed by atoms with Gasteiger partial charge in [0.2, 0.25) is 0 Å². The number of halogens is 1. The molecule has 2 aromatic carbocycles. The van der Waals surface area contributed by atoms with Gasteiger partial charge in [-0.15, -0.1) is 0 Å². The van der Waals surface area contributed by atoms with E-state index in [2.05, 4.69) is 4.72 Å². The van der Waals surface area contributed by atoms with Gasteiger partial charge >= 0.3 is 5.97 Å². The molecule has 0 radical (unpaired) electrons. The molecule has 0 spiro atoms.